The van der Waals surface area contributed by atoms with Gasteiger partial charge >= 0.3 is 0 Å². The van der Waals surface area contributed by atoms with Crippen LogP contribution in [0.2, 0.25) is 0 Å². The van der Waals surface area contributed by atoms with Crippen LogP contribution in [0.1, 0.15) is 22.6 Å². The molecule has 2 aromatic rings. The summed E-state index contributed by atoms with van der Waals surface area (Å²) in [5, 5.41) is 21.8. The zero-order chi connectivity index (χ0) is 14.1. The molecule has 0 saturated heterocycles. The SMILES string of the molecule is [C-]#[N+]/N=C1/c2ccccc2-c2nc(C#N)c(C#N)nc21. The van der Waals surface area contributed by atoms with E-state index in [0.29, 0.717) is 17.1 Å². The largest absolute Gasteiger partial charge is 0.232 e. The molecule has 1 aliphatic rings. The number of hydrogen-bond acceptors (Lipinski definition) is 5. The van der Waals surface area contributed by atoms with Crippen LogP contribution in [-0.2, 0) is 0 Å². The second kappa shape index (κ2) is 4.28. The van der Waals surface area contributed by atoms with Gasteiger partial charge in [-0.15, -0.1) is 4.95 Å². The maximum Gasteiger partial charge on any atom is 0.181 e. The Morgan fingerprint density at radius 3 is 2.20 bits per heavy atom. The molecule has 0 radical (unpaired) electrons. The molecular weight excluding hydrogens is 252 g/mol. The van der Waals surface area contributed by atoms with Crippen molar-refractivity contribution in [3.8, 4) is 23.4 Å². The van der Waals surface area contributed by atoms with E-state index >= 15 is 0 Å². The molecule has 0 atom stereocenters. The van der Waals surface area contributed by atoms with E-state index in [9.17, 15) is 0 Å². The Balaban J connectivity index is 2.41. The highest BCUT2D eigenvalue weighted by molar-refractivity contribution is 6.22. The summed E-state index contributed by atoms with van der Waals surface area (Å²) < 4.78 is 0. The summed E-state index contributed by atoms with van der Waals surface area (Å²) >= 11 is 0. The highest BCUT2D eigenvalue weighted by Crippen LogP contribution is 2.34. The highest BCUT2D eigenvalue weighted by Gasteiger charge is 2.31. The number of fused-ring (bicyclic) bond motifs is 3. The molecule has 0 aliphatic heterocycles. The quantitative estimate of drug-likeness (QED) is 0.453. The lowest BCUT2D eigenvalue weighted by molar-refractivity contribution is 1.13. The average Bonchev–Trinajstić information content (AvgIpc) is 2.80. The van der Waals surface area contributed by atoms with Crippen LogP contribution in [0.3, 0.4) is 0 Å². The summed E-state index contributed by atoms with van der Waals surface area (Å²) in [4.78, 5) is 11.4. The maximum atomic E-state index is 9.02. The van der Waals surface area contributed by atoms with E-state index in [1.165, 1.54) is 0 Å². The van der Waals surface area contributed by atoms with Crippen LogP contribution in [-0.4, -0.2) is 15.7 Å². The lowest BCUT2D eigenvalue weighted by Gasteiger charge is -1.99. The summed E-state index contributed by atoms with van der Waals surface area (Å²) in [5.41, 5.74) is 2.66. The summed E-state index contributed by atoms with van der Waals surface area (Å²) in [5.74, 6) is 0. The topological polar surface area (TPSA) is 90.1 Å². The molecule has 0 spiro atoms. The molecule has 0 N–H and O–H groups in total. The molecule has 0 fully saturated rings. The van der Waals surface area contributed by atoms with E-state index in [-0.39, 0.29) is 11.4 Å². The van der Waals surface area contributed by atoms with Gasteiger partial charge in [-0.3, -0.25) is 0 Å². The number of nitriles is 2. The van der Waals surface area contributed by atoms with Gasteiger partial charge in [0.25, 0.3) is 0 Å². The van der Waals surface area contributed by atoms with Crippen LogP contribution in [0.5, 0.6) is 0 Å². The first kappa shape index (κ1) is 11.5. The van der Waals surface area contributed by atoms with E-state index in [0.717, 1.165) is 11.1 Å². The van der Waals surface area contributed by atoms with Gasteiger partial charge < -0.3 is 0 Å². The predicted octanol–water partition coefficient (Wildman–Crippen LogP) is 1.87. The minimum absolute atomic E-state index is 0.0230. The molecule has 1 heterocycles. The minimum Gasteiger partial charge on any atom is -0.232 e. The molecule has 1 aliphatic carbocycles. The Bertz CT molecular complexity index is 889. The Kier molecular flexibility index (Phi) is 2.46. The average molecular weight is 256 g/mol. The van der Waals surface area contributed by atoms with Crippen molar-refractivity contribution < 1.29 is 0 Å². The van der Waals surface area contributed by atoms with Crippen LogP contribution in [0, 0.1) is 29.2 Å². The van der Waals surface area contributed by atoms with Gasteiger partial charge in [0.1, 0.15) is 23.5 Å². The molecule has 1 aromatic carbocycles. The van der Waals surface area contributed by atoms with Gasteiger partial charge in [-0.1, -0.05) is 24.3 Å². The smallest absolute Gasteiger partial charge is 0.181 e. The van der Waals surface area contributed by atoms with Gasteiger partial charge in [0.05, 0.1) is 5.10 Å². The van der Waals surface area contributed by atoms with Gasteiger partial charge in [0.2, 0.25) is 0 Å². The van der Waals surface area contributed by atoms with Crippen molar-refractivity contribution in [2.24, 2.45) is 5.10 Å². The van der Waals surface area contributed by atoms with E-state index < -0.39 is 0 Å². The van der Waals surface area contributed by atoms with E-state index in [1.807, 2.05) is 30.3 Å². The third-order valence-electron chi connectivity index (χ3n) is 2.92. The molecule has 1 aromatic heterocycles. The van der Waals surface area contributed by atoms with Crippen molar-refractivity contribution >= 4 is 5.71 Å². The molecule has 3 rings (SSSR count). The van der Waals surface area contributed by atoms with Gasteiger partial charge in [-0.25, -0.2) is 9.97 Å². The second-order valence-corrected chi connectivity index (χ2v) is 3.94. The summed E-state index contributed by atoms with van der Waals surface area (Å²) in [7, 11) is 0. The Morgan fingerprint density at radius 2 is 1.60 bits per heavy atom. The minimum atomic E-state index is -0.0586. The monoisotopic (exact) mass is 256 g/mol. The van der Waals surface area contributed by atoms with E-state index in [4.69, 9.17) is 17.1 Å². The van der Waals surface area contributed by atoms with Gasteiger partial charge in [0, 0.05) is 11.1 Å². The lowest BCUT2D eigenvalue weighted by Crippen LogP contribution is -2.04. The predicted molar refractivity (Wildman–Crippen MR) is 69.1 cm³/mol. The Labute approximate surface area is 114 Å². The fraction of sp³-hybridized carbons (Fsp3) is 0. The fourth-order valence-corrected chi connectivity index (χ4v) is 2.12. The standard InChI is InChI=1S/C14H4N6/c1-17-20-13-9-5-3-2-4-8(9)12-14(13)19-11(7-16)10(6-15)18-12/h2-5H/b20-13-. The number of nitrogens with zero attached hydrogens (tertiary/aromatic N) is 6. The molecule has 6 heteroatoms. The van der Waals surface area contributed by atoms with Crippen molar-refractivity contribution in [2.45, 2.75) is 0 Å². The van der Waals surface area contributed by atoms with Gasteiger partial charge in [0.15, 0.2) is 17.1 Å². The molecule has 0 amide bonds. The van der Waals surface area contributed by atoms with Crippen molar-refractivity contribution in [2.75, 3.05) is 0 Å². The van der Waals surface area contributed by atoms with Crippen LogP contribution in [0.15, 0.2) is 29.4 Å². The molecule has 0 saturated carbocycles. The first-order chi connectivity index (χ1) is 9.80. The van der Waals surface area contributed by atoms with Crippen LogP contribution < -0.4 is 0 Å². The Morgan fingerprint density at radius 1 is 1.00 bits per heavy atom. The third kappa shape index (κ3) is 1.45. The molecule has 90 valence electrons. The number of hydrogen-bond donors (Lipinski definition) is 0. The van der Waals surface area contributed by atoms with Crippen LogP contribution in [0.25, 0.3) is 16.2 Å². The normalized spacial score (nSPS) is 12.9. The van der Waals surface area contributed by atoms with E-state index in [1.54, 1.807) is 6.07 Å². The summed E-state index contributed by atoms with van der Waals surface area (Å²) in [6.07, 6.45) is 0. The number of aromatic nitrogens is 2. The van der Waals surface area contributed by atoms with Crippen molar-refractivity contribution in [3.05, 3.63) is 58.4 Å². The van der Waals surface area contributed by atoms with Gasteiger partial charge in [-0.05, 0) is 0 Å². The van der Waals surface area contributed by atoms with E-state index in [2.05, 4.69) is 20.0 Å². The first-order valence-corrected chi connectivity index (χ1v) is 5.57. The number of rotatable bonds is 0. The molecular formula is C14H4N6. The Hall–Kier alpha value is -3.56. The number of benzene rings is 1. The molecule has 0 unspecified atom stereocenters. The first-order valence-electron chi connectivity index (χ1n) is 5.57. The molecule has 0 bridgehead atoms. The third-order valence-corrected chi connectivity index (χ3v) is 2.92. The fourth-order valence-electron chi connectivity index (χ4n) is 2.12. The van der Waals surface area contributed by atoms with Crippen molar-refractivity contribution in [1.29, 1.82) is 10.5 Å². The molecule has 6 nitrogen and oxygen atoms in total. The van der Waals surface area contributed by atoms with Crippen LogP contribution >= 0.6 is 0 Å². The zero-order valence-electron chi connectivity index (χ0n) is 9.99. The van der Waals surface area contributed by atoms with Crippen molar-refractivity contribution in [3.63, 3.8) is 0 Å². The van der Waals surface area contributed by atoms with Gasteiger partial charge in [-0.2, -0.15) is 17.1 Å². The lowest BCUT2D eigenvalue weighted by atomic mass is 10.1. The summed E-state index contributed by atoms with van der Waals surface area (Å²) in [6.45, 7) is 6.90. The molecule has 20 heavy (non-hydrogen) atoms. The second-order valence-electron chi connectivity index (χ2n) is 3.94. The van der Waals surface area contributed by atoms with Crippen molar-refractivity contribution in [1.82, 2.24) is 9.97 Å². The summed E-state index contributed by atoms with van der Waals surface area (Å²) in [6, 6.07) is 11.0. The van der Waals surface area contributed by atoms with Crippen LogP contribution in [0.4, 0.5) is 0 Å². The highest BCUT2D eigenvalue weighted by atomic mass is 15.2. The maximum absolute atomic E-state index is 9.02. The zero-order valence-corrected chi connectivity index (χ0v) is 9.99.